The molecule has 0 atom stereocenters. The summed E-state index contributed by atoms with van der Waals surface area (Å²) in [4.78, 5) is 12.0. The molecule has 4 heteroatoms. The van der Waals surface area contributed by atoms with Gasteiger partial charge in [-0.25, -0.2) is 4.79 Å². The minimum atomic E-state index is -0.748. The molecule has 0 fully saturated rings. The predicted molar refractivity (Wildman–Crippen MR) is 107 cm³/mol. The zero-order valence-corrected chi connectivity index (χ0v) is 15.6. The fourth-order valence-corrected chi connectivity index (χ4v) is 2.79. The maximum atomic E-state index is 12.0. The Balaban J connectivity index is 1.49. The number of unbranched alkanes of at least 4 members (excludes halogenated alkanes) is 2. The molecule has 0 amide bonds. The normalized spacial score (nSPS) is 10.7. The van der Waals surface area contributed by atoms with Gasteiger partial charge in [0, 0.05) is 12.0 Å². The van der Waals surface area contributed by atoms with Crippen LogP contribution in [0, 0.1) is 0 Å². The van der Waals surface area contributed by atoms with Crippen LogP contribution < -0.4 is 9.47 Å². The van der Waals surface area contributed by atoms with E-state index in [-0.39, 0.29) is 0 Å². The Kier molecular flexibility index (Phi) is 6.83. The van der Waals surface area contributed by atoms with Gasteiger partial charge in [0.25, 0.3) is 0 Å². The number of carbonyl (C=O) groups is 1. The molecule has 3 aromatic carbocycles. The summed E-state index contributed by atoms with van der Waals surface area (Å²) in [7, 11) is 0. The Bertz CT molecular complexity index is 871. The molecule has 4 nitrogen and oxygen atoms in total. The first-order chi connectivity index (χ1) is 13.2. The second-order valence-corrected chi connectivity index (χ2v) is 6.42. The van der Waals surface area contributed by atoms with Crippen LogP contribution in [0.1, 0.15) is 31.7 Å². The molecule has 0 aromatic heterocycles. The molecule has 0 radical (unpaired) electrons. The maximum absolute atomic E-state index is 12.0. The molecule has 0 heterocycles. The molecule has 0 bridgehead atoms. The summed E-state index contributed by atoms with van der Waals surface area (Å²) in [5.41, 5.74) is 1.10. The van der Waals surface area contributed by atoms with Crippen LogP contribution >= 0.6 is 0 Å². The second-order valence-electron chi connectivity index (χ2n) is 6.42. The Hall–Kier alpha value is -2.85. The minimum Gasteiger partial charge on any atom is -0.430 e. The minimum absolute atomic E-state index is 0.454. The third kappa shape index (κ3) is 5.83. The lowest BCUT2D eigenvalue weighted by atomic mass is 10.1. The largest absolute Gasteiger partial charge is 0.519 e. The van der Waals surface area contributed by atoms with Gasteiger partial charge in [0.1, 0.15) is 18.1 Å². The number of carbonyl (C=O) groups excluding carboxylic acids is 1. The van der Waals surface area contributed by atoms with Gasteiger partial charge in [0.15, 0.2) is 6.61 Å². The van der Waals surface area contributed by atoms with Crippen molar-refractivity contribution in [2.24, 2.45) is 0 Å². The smallest absolute Gasteiger partial charge is 0.430 e. The number of ether oxygens (including phenoxy) is 3. The SMILES string of the molecule is CCCCC[OH+]Cc1ccc(OC(=O)Oc2ccc3ccccc3c2)cc1. The topological polar surface area (TPSA) is 48.3 Å². The van der Waals surface area contributed by atoms with Gasteiger partial charge in [-0.2, -0.15) is 0 Å². The molecule has 0 aliphatic heterocycles. The van der Waals surface area contributed by atoms with Crippen molar-refractivity contribution in [3.05, 3.63) is 72.3 Å². The quantitative estimate of drug-likeness (QED) is 0.225. The molecule has 0 saturated carbocycles. The molecule has 0 aliphatic carbocycles. The van der Waals surface area contributed by atoms with E-state index in [0.29, 0.717) is 18.1 Å². The van der Waals surface area contributed by atoms with E-state index in [2.05, 4.69) is 11.7 Å². The van der Waals surface area contributed by atoms with Crippen molar-refractivity contribution >= 4 is 16.9 Å². The van der Waals surface area contributed by atoms with Crippen LogP contribution in [0.4, 0.5) is 4.79 Å². The van der Waals surface area contributed by atoms with Gasteiger partial charge in [-0.3, -0.25) is 0 Å². The summed E-state index contributed by atoms with van der Waals surface area (Å²) in [6, 6.07) is 20.8. The number of rotatable bonds is 8. The van der Waals surface area contributed by atoms with Crippen molar-refractivity contribution in [1.82, 2.24) is 0 Å². The zero-order valence-electron chi connectivity index (χ0n) is 15.6. The highest BCUT2D eigenvalue weighted by Crippen LogP contribution is 2.21. The lowest BCUT2D eigenvalue weighted by molar-refractivity contribution is -0.0547. The number of fused-ring (bicyclic) bond motifs is 1. The van der Waals surface area contributed by atoms with Gasteiger partial charge < -0.3 is 14.2 Å². The lowest BCUT2D eigenvalue weighted by Gasteiger charge is -2.07. The molecular weight excluding hydrogens is 340 g/mol. The van der Waals surface area contributed by atoms with E-state index in [0.717, 1.165) is 29.4 Å². The fraction of sp³-hybridized carbons (Fsp3) is 0.261. The molecular formula is C23H25O4+. The molecule has 0 spiro atoms. The molecule has 0 aliphatic rings. The first kappa shape index (κ1) is 18.9. The van der Waals surface area contributed by atoms with Gasteiger partial charge in [0.05, 0.1) is 0 Å². The number of hydrogen-bond acceptors (Lipinski definition) is 3. The van der Waals surface area contributed by atoms with E-state index >= 15 is 0 Å². The summed E-state index contributed by atoms with van der Waals surface area (Å²) in [5, 5.41) is 2.10. The summed E-state index contributed by atoms with van der Waals surface area (Å²) in [5.74, 6) is 0.914. The highest BCUT2D eigenvalue weighted by molar-refractivity contribution is 5.84. The van der Waals surface area contributed by atoms with Gasteiger partial charge >= 0.3 is 6.16 Å². The maximum Gasteiger partial charge on any atom is 0.519 e. The van der Waals surface area contributed by atoms with Crippen molar-refractivity contribution in [3.8, 4) is 11.5 Å². The standard InChI is InChI=1S/C23H24O4/c1-2-3-6-15-25-17-18-9-12-21(13-10-18)26-23(24)27-22-14-11-19-7-4-5-8-20(19)16-22/h4-5,7-14,16H,2-3,6,15,17H2,1H3/p+1. The summed E-state index contributed by atoms with van der Waals surface area (Å²) < 4.78 is 15.0. The third-order valence-corrected chi connectivity index (χ3v) is 4.26. The molecule has 0 saturated heterocycles. The fourth-order valence-electron chi connectivity index (χ4n) is 2.79. The summed E-state index contributed by atoms with van der Waals surface area (Å²) in [6.07, 6.45) is 2.81. The highest BCUT2D eigenvalue weighted by atomic mass is 16.7. The van der Waals surface area contributed by atoms with Crippen LogP contribution in [0.25, 0.3) is 10.8 Å². The van der Waals surface area contributed by atoms with E-state index in [1.165, 1.54) is 12.8 Å². The predicted octanol–water partition coefficient (Wildman–Crippen LogP) is 5.64. The van der Waals surface area contributed by atoms with Gasteiger partial charge in [-0.1, -0.05) is 43.7 Å². The van der Waals surface area contributed by atoms with E-state index in [9.17, 15) is 4.79 Å². The zero-order chi connectivity index (χ0) is 18.9. The van der Waals surface area contributed by atoms with E-state index in [1.54, 1.807) is 18.2 Å². The van der Waals surface area contributed by atoms with Crippen LogP contribution in [0.15, 0.2) is 66.7 Å². The van der Waals surface area contributed by atoms with Gasteiger partial charge in [-0.05, 0) is 53.6 Å². The number of hydrogen-bond donors (Lipinski definition) is 0. The second kappa shape index (κ2) is 9.74. The molecule has 27 heavy (non-hydrogen) atoms. The number of aliphatic hydroxyl groups is 2. The molecule has 0 unspecified atom stereocenters. The van der Waals surface area contributed by atoms with Crippen LogP contribution in [0.3, 0.4) is 0 Å². The van der Waals surface area contributed by atoms with Crippen LogP contribution in [0.5, 0.6) is 11.5 Å². The number of benzene rings is 3. The van der Waals surface area contributed by atoms with Crippen molar-refractivity contribution < 1.29 is 19.0 Å². The lowest BCUT2D eigenvalue weighted by Crippen LogP contribution is -2.13. The van der Waals surface area contributed by atoms with Gasteiger partial charge in [0.2, 0.25) is 0 Å². The third-order valence-electron chi connectivity index (χ3n) is 4.26. The van der Waals surface area contributed by atoms with E-state index in [4.69, 9.17) is 9.47 Å². The Morgan fingerprint density at radius 1 is 0.852 bits per heavy atom. The van der Waals surface area contributed by atoms with Crippen LogP contribution in [-0.4, -0.2) is 17.5 Å². The Morgan fingerprint density at radius 3 is 2.33 bits per heavy atom. The van der Waals surface area contributed by atoms with Crippen molar-refractivity contribution in [2.75, 3.05) is 6.61 Å². The Labute approximate surface area is 159 Å². The van der Waals surface area contributed by atoms with Crippen molar-refractivity contribution in [1.29, 1.82) is 0 Å². The summed E-state index contributed by atoms with van der Waals surface area (Å²) in [6.45, 7) is 3.76. The monoisotopic (exact) mass is 365 g/mol. The van der Waals surface area contributed by atoms with Crippen LogP contribution in [-0.2, 0) is 6.61 Å². The van der Waals surface area contributed by atoms with Crippen molar-refractivity contribution in [2.45, 2.75) is 32.8 Å². The average molecular weight is 365 g/mol. The molecule has 3 rings (SSSR count). The van der Waals surface area contributed by atoms with Crippen LogP contribution in [0.2, 0.25) is 0 Å². The first-order valence-corrected chi connectivity index (χ1v) is 9.35. The van der Waals surface area contributed by atoms with E-state index < -0.39 is 6.16 Å². The first-order valence-electron chi connectivity index (χ1n) is 9.35. The van der Waals surface area contributed by atoms with Gasteiger partial charge in [-0.15, -0.1) is 0 Å². The van der Waals surface area contributed by atoms with E-state index in [1.807, 2.05) is 48.5 Å². The Morgan fingerprint density at radius 2 is 1.56 bits per heavy atom. The molecule has 140 valence electrons. The summed E-state index contributed by atoms with van der Waals surface area (Å²) >= 11 is 0. The highest BCUT2D eigenvalue weighted by Gasteiger charge is 2.09. The average Bonchev–Trinajstić information content (AvgIpc) is 2.69. The molecule has 1 N–H and O–H groups in total. The van der Waals surface area contributed by atoms with Crippen molar-refractivity contribution in [3.63, 3.8) is 0 Å². The molecule has 3 aromatic rings.